The van der Waals surface area contributed by atoms with Gasteiger partial charge in [-0.1, -0.05) is 48.5 Å². The number of carbonyl (C=O) groups excluding carboxylic acids is 2. The van der Waals surface area contributed by atoms with Gasteiger partial charge >= 0.3 is 0 Å². The van der Waals surface area contributed by atoms with E-state index in [1.54, 1.807) is 0 Å². The first-order valence-electron chi connectivity index (χ1n) is 11.8. The summed E-state index contributed by atoms with van der Waals surface area (Å²) in [6.45, 7) is 5.20. The summed E-state index contributed by atoms with van der Waals surface area (Å²) < 4.78 is 5.62. The highest BCUT2D eigenvalue weighted by Gasteiger charge is 2.28. The van der Waals surface area contributed by atoms with E-state index in [1.807, 2.05) is 91.5 Å². The third-order valence-electron chi connectivity index (χ3n) is 6.30. The maximum atomic E-state index is 13.2. The summed E-state index contributed by atoms with van der Waals surface area (Å²) in [4.78, 5) is 32.4. The number of hydrogen-bond donors (Lipinski definition) is 1. The molecule has 2 amide bonds. The monoisotopic (exact) mass is 457 g/mol. The highest BCUT2D eigenvalue weighted by Crippen LogP contribution is 2.30. The fraction of sp³-hybridized carbons (Fsp3) is 0.321. The van der Waals surface area contributed by atoms with Crippen LogP contribution in [0.1, 0.15) is 59.0 Å². The molecule has 6 nitrogen and oxygen atoms in total. The highest BCUT2D eigenvalue weighted by atomic mass is 16.5. The van der Waals surface area contributed by atoms with E-state index in [0.29, 0.717) is 24.4 Å². The number of likely N-dealkylation sites (tertiary alicyclic amines) is 1. The second-order valence-corrected chi connectivity index (χ2v) is 8.75. The molecule has 1 saturated heterocycles. The molecule has 1 aliphatic rings. The predicted molar refractivity (Wildman–Crippen MR) is 132 cm³/mol. The molecule has 1 N–H and O–H groups in total. The van der Waals surface area contributed by atoms with Gasteiger partial charge in [0, 0.05) is 24.7 Å². The minimum Gasteiger partial charge on any atom is -0.484 e. The summed E-state index contributed by atoms with van der Waals surface area (Å²) >= 11 is 0. The first-order chi connectivity index (χ1) is 16.5. The van der Waals surface area contributed by atoms with Gasteiger partial charge in [-0.15, -0.1) is 0 Å². The van der Waals surface area contributed by atoms with E-state index in [2.05, 4.69) is 5.32 Å². The van der Waals surface area contributed by atoms with Crippen molar-refractivity contribution in [3.05, 3.63) is 95.3 Å². The third-order valence-corrected chi connectivity index (χ3v) is 6.30. The number of piperidine rings is 1. The first-order valence-corrected chi connectivity index (χ1v) is 11.8. The van der Waals surface area contributed by atoms with Crippen molar-refractivity contribution in [2.24, 2.45) is 0 Å². The minimum absolute atomic E-state index is 0.0193. The average molecular weight is 458 g/mol. The standard InChI is InChI=1S/C28H31N3O3/c1-20-13-14-25(28(33)30-21(2)22-9-5-3-6-10-22)27(29-20)23-15-17-31(18-16-23)26(32)19-34-24-11-7-4-8-12-24/h3-14,21,23H,15-19H2,1-2H3,(H,30,33). The van der Waals surface area contributed by atoms with Crippen molar-refractivity contribution < 1.29 is 14.3 Å². The van der Waals surface area contributed by atoms with E-state index < -0.39 is 0 Å². The Morgan fingerprint density at radius 2 is 1.65 bits per heavy atom. The minimum atomic E-state index is -0.117. The van der Waals surface area contributed by atoms with Crippen molar-refractivity contribution in [2.75, 3.05) is 19.7 Å². The van der Waals surface area contributed by atoms with Gasteiger partial charge < -0.3 is 15.0 Å². The van der Waals surface area contributed by atoms with Crippen molar-refractivity contribution in [1.82, 2.24) is 15.2 Å². The van der Waals surface area contributed by atoms with Gasteiger partial charge in [-0.2, -0.15) is 0 Å². The van der Waals surface area contributed by atoms with Gasteiger partial charge in [0.1, 0.15) is 5.75 Å². The maximum Gasteiger partial charge on any atom is 0.260 e. The van der Waals surface area contributed by atoms with Crippen molar-refractivity contribution >= 4 is 11.8 Å². The number of benzene rings is 2. The summed E-state index contributed by atoms with van der Waals surface area (Å²) in [5.41, 5.74) is 3.38. The number of hydrogen-bond acceptors (Lipinski definition) is 4. The number of amides is 2. The van der Waals surface area contributed by atoms with Gasteiger partial charge in [-0.05, 0) is 56.5 Å². The lowest BCUT2D eigenvalue weighted by molar-refractivity contribution is -0.134. The molecule has 0 saturated carbocycles. The van der Waals surface area contributed by atoms with E-state index in [-0.39, 0.29) is 30.4 Å². The summed E-state index contributed by atoms with van der Waals surface area (Å²) in [6, 6.07) is 22.9. The lowest BCUT2D eigenvalue weighted by atomic mass is 9.89. The zero-order chi connectivity index (χ0) is 23.9. The van der Waals surface area contributed by atoms with Crippen molar-refractivity contribution in [1.29, 1.82) is 0 Å². The van der Waals surface area contributed by atoms with Crippen LogP contribution in [0.5, 0.6) is 5.75 Å². The van der Waals surface area contributed by atoms with Gasteiger partial charge in [-0.25, -0.2) is 0 Å². The van der Waals surface area contributed by atoms with Crippen LogP contribution in [-0.2, 0) is 4.79 Å². The fourth-order valence-corrected chi connectivity index (χ4v) is 4.33. The SMILES string of the molecule is Cc1ccc(C(=O)NC(C)c2ccccc2)c(C2CCN(C(=O)COc3ccccc3)CC2)n1. The zero-order valence-corrected chi connectivity index (χ0v) is 19.7. The van der Waals surface area contributed by atoms with Crippen LogP contribution in [0.3, 0.4) is 0 Å². The summed E-state index contributed by atoms with van der Waals surface area (Å²) in [5.74, 6) is 0.685. The number of para-hydroxylation sites is 1. The molecule has 1 aromatic heterocycles. The Balaban J connectivity index is 1.38. The molecule has 0 radical (unpaired) electrons. The molecule has 1 unspecified atom stereocenters. The molecule has 0 aliphatic carbocycles. The second-order valence-electron chi connectivity index (χ2n) is 8.75. The van der Waals surface area contributed by atoms with Gasteiger partial charge in [0.05, 0.1) is 17.3 Å². The lowest BCUT2D eigenvalue weighted by Gasteiger charge is -2.32. The molecule has 2 heterocycles. The Morgan fingerprint density at radius 3 is 2.32 bits per heavy atom. The van der Waals surface area contributed by atoms with E-state index in [0.717, 1.165) is 29.8 Å². The maximum absolute atomic E-state index is 13.2. The molecule has 176 valence electrons. The molecule has 0 bridgehead atoms. The normalized spacial score (nSPS) is 14.9. The predicted octanol–water partition coefficient (Wildman–Crippen LogP) is 4.67. The topological polar surface area (TPSA) is 71.5 Å². The molecule has 6 heteroatoms. The third kappa shape index (κ3) is 5.81. The number of pyridine rings is 1. The van der Waals surface area contributed by atoms with Gasteiger partial charge in [0.2, 0.25) is 0 Å². The molecule has 34 heavy (non-hydrogen) atoms. The Hall–Kier alpha value is -3.67. The van der Waals surface area contributed by atoms with E-state index in [1.165, 1.54) is 0 Å². The quantitative estimate of drug-likeness (QED) is 0.560. The number of aromatic nitrogens is 1. The largest absolute Gasteiger partial charge is 0.484 e. The highest BCUT2D eigenvalue weighted by molar-refractivity contribution is 5.95. The van der Waals surface area contributed by atoms with E-state index in [4.69, 9.17) is 9.72 Å². The number of aryl methyl sites for hydroxylation is 1. The fourth-order valence-electron chi connectivity index (χ4n) is 4.33. The number of rotatable bonds is 7. The van der Waals surface area contributed by atoms with Gasteiger partial charge in [0.25, 0.3) is 11.8 Å². The van der Waals surface area contributed by atoms with E-state index >= 15 is 0 Å². The van der Waals surface area contributed by atoms with Crippen LogP contribution in [0.15, 0.2) is 72.8 Å². The van der Waals surface area contributed by atoms with Gasteiger partial charge in [-0.3, -0.25) is 14.6 Å². The molecule has 4 rings (SSSR count). The Morgan fingerprint density at radius 1 is 1.00 bits per heavy atom. The van der Waals surface area contributed by atoms with Gasteiger partial charge in [0.15, 0.2) is 6.61 Å². The molecule has 1 aliphatic heterocycles. The molecular weight excluding hydrogens is 426 g/mol. The number of nitrogens with one attached hydrogen (secondary N) is 1. The van der Waals surface area contributed by atoms with Crippen LogP contribution in [0.2, 0.25) is 0 Å². The smallest absolute Gasteiger partial charge is 0.260 e. The van der Waals surface area contributed by atoms with Crippen LogP contribution >= 0.6 is 0 Å². The molecule has 3 aromatic rings. The Labute approximate surface area is 201 Å². The summed E-state index contributed by atoms with van der Waals surface area (Å²) in [7, 11) is 0. The van der Waals surface area contributed by atoms with Crippen LogP contribution < -0.4 is 10.1 Å². The lowest BCUT2D eigenvalue weighted by Crippen LogP contribution is -2.41. The Bertz CT molecular complexity index is 1110. The molecule has 2 aromatic carbocycles. The van der Waals surface area contributed by atoms with Crippen molar-refractivity contribution in [2.45, 2.75) is 38.6 Å². The molecular formula is C28H31N3O3. The van der Waals surface area contributed by atoms with Crippen LogP contribution in [0.4, 0.5) is 0 Å². The van der Waals surface area contributed by atoms with Crippen LogP contribution in [0.25, 0.3) is 0 Å². The summed E-state index contributed by atoms with van der Waals surface area (Å²) in [6.07, 6.45) is 1.53. The number of ether oxygens (including phenoxy) is 1. The molecule has 1 atom stereocenters. The van der Waals surface area contributed by atoms with Crippen LogP contribution in [0, 0.1) is 6.92 Å². The average Bonchev–Trinajstić information content (AvgIpc) is 2.88. The number of nitrogens with zero attached hydrogens (tertiary/aromatic N) is 2. The second kappa shape index (κ2) is 11.0. The number of carbonyl (C=O) groups is 2. The van der Waals surface area contributed by atoms with Crippen molar-refractivity contribution in [3.63, 3.8) is 0 Å². The molecule has 1 fully saturated rings. The summed E-state index contributed by atoms with van der Waals surface area (Å²) in [5, 5.41) is 3.11. The zero-order valence-electron chi connectivity index (χ0n) is 19.7. The first kappa shape index (κ1) is 23.5. The van der Waals surface area contributed by atoms with Crippen molar-refractivity contribution in [3.8, 4) is 5.75 Å². The van der Waals surface area contributed by atoms with Crippen LogP contribution in [-0.4, -0.2) is 41.4 Å². The Kier molecular flexibility index (Phi) is 7.58. The van der Waals surface area contributed by atoms with E-state index in [9.17, 15) is 9.59 Å². The molecule has 0 spiro atoms.